The first-order valence-electron chi connectivity index (χ1n) is 8.04. The standard InChI is InChI=1S/C19H22NO5/c1-3-24-18(21)12-16-17(25-14-15-8-5-4-6-9-15)10-7-11-20(16)13-19(22)23-2/h4-11H,3,12-14H2,1-2H3/q+1. The molecule has 1 heterocycles. The number of esters is 2. The Bertz CT molecular complexity index is 715. The number of aromatic nitrogens is 1. The van der Waals surface area contributed by atoms with Gasteiger partial charge < -0.3 is 14.2 Å². The maximum Gasteiger partial charge on any atom is 0.372 e. The van der Waals surface area contributed by atoms with Crippen molar-refractivity contribution in [3.8, 4) is 5.75 Å². The summed E-state index contributed by atoms with van der Waals surface area (Å²) >= 11 is 0. The van der Waals surface area contributed by atoms with Crippen molar-refractivity contribution in [3.05, 3.63) is 59.9 Å². The fourth-order valence-corrected chi connectivity index (χ4v) is 2.32. The number of hydrogen-bond donors (Lipinski definition) is 0. The van der Waals surface area contributed by atoms with Crippen molar-refractivity contribution in [2.24, 2.45) is 0 Å². The SMILES string of the molecule is CCOC(=O)Cc1c(OCc2ccccc2)ccc[n+]1CC(=O)OC. The van der Waals surface area contributed by atoms with E-state index in [4.69, 9.17) is 14.2 Å². The molecule has 0 amide bonds. The average molecular weight is 344 g/mol. The number of hydrogen-bond acceptors (Lipinski definition) is 5. The van der Waals surface area contributed by atoms with E-state index >= 15 is 0 Å². The van der Waals surface area contributed by atoms with Crippen LogP contribution in [0, 0.1) is 0 Å². The van der Waals surface area contributed by atoms with Crippen molar-refractivity contribution in [2.45, 2.75) is 26.5 Å². The van der Waals surface area contributed by atoms with Gasteiger partial charge in [-0.25, -0.2) is 4.79 Å². The second-order valence-corrected chi connectivity index (χ2v) is 5.28. The second kappa shape index (κ2) is 9.42. The molecule has 2 rings (SSSR count). The van der Waals surface area contributed by atoms with E-state index in [1.54, 1.807) is 29.8 Å². The highest BCUT2D eigenvalue weighted by Crippen LogP contribution is 2.17. The van der Waals surface area contributed by atoms with Gasteiger partial charge in [-0.1, -0.05) is 30.3 Å². The maximum atomic E-state index is 11.9. The monoisotopic (exact) mass is 344 g/mol. The molecule has 0 aliphatic carbocycles. The molecule has 0 saturated heterocycles. The summed E-state index contributed by atoms with van der Waals surface area (Å²) in [5, 5.41) is 0. The first-order valence-corrected chi connectivity index (χ1v) is 8.04. The van der Waals surface area contributed by atoms with Gasteiger partial charge in [0.25, 0.3) is 0 Å². The van der Waals surface area contributed by atoms with Gasteiger partial charge in [-0.2, -0.15) is 4.57 Å². The molecular formula is C19H22NO5+. The van der Waals surface area contributed by atoms with Crippen molar-refractivity contribution < 1.29 is 28.4 Å². The zero-order valence-corrected chi connectivity index (χ0v) is 14.4. The summed E-state index contributed by atoms with van der Waals surface area (Å²) in [6.07, 6.45) is 1.72. The van der Waals surface area contributed by atoms with Gasteiger partial charge in [-0.3, -0.25) is 4.79 Å². The van der Waals surface area contributed by atoms with Crippen LogP contribution in [0.4, 0.5) is 0 Å². The molecule has 0 saturated carbocycles. The van der Waals surface area contributed by atoms with E-state index in [0.29, 0.717) is 24.7 Å². The third kappa shape index (κ3) is 5.60. The average Bonchev–Trinajstić information content (AvgIpc) is 2.63. The minimum atomic E-state index is -0.407. The van der Waals surface area contributed by atoms with Crippen LogP contribution in [0.15, 0.2) is 48.7 Å². The van der Waals surface area contributed by atoms with Crippen LogP contribution in [0.25, 0.3) is 0 Å². The van der Waals surface area contributed by atoms with E-state index in [9.17, 15) is 9.59 Å². The Kier molecular flexibility index (Phi) is 6.95. The molecule has 6 nitrogen and oxygen atoms in total. The first-order chi connectivity index (χ1) is 12.1. The van der Waals surface area contributed by atoms with Crippen LogP contribution in [-0.2, 0) is 38.6 Å². The van der Waals surface area contributed by atoms with Crippen LogP contribution >= 0.6 is 0 Å². The Hall–Kier alpha value is -2.89. The molecule has 1 aromatic heterocycles. The molecule has 0 aliphatic rings. The summed E-state index contributed by atoms with van der Waals surface area (Å²) in [7, 11) is 1.32. The van der Waals surface area contributed by atoms with E-state index in [1.165, 1.54) is 7.11 Å². The highest BCUT2D eigenvalue weighted by molar-refractivity contribution is 5.72. The molecule has 1 aromatic carbocycles. The zero-order valence-electron chi connectivity index (χ0n) is 14.4. The number of rotatable bonds is 8. The molecule has 0 fully saturated rings. The Morgan fingerprint density at radius 2 is 1.80 bits per heavy atom. The lowest BCUT2D eigenvalue weighted by Crippen LogP contribution is -2.43. The van der Waals surface area contributed by atoms with Crippen molar-refractivity contribution in [1.82, 2.24) is 0 Å². The second-order valence-electron chi connectivity index (χ2n) is 5.28. The molecule has 2 aromatic rings. The molecule has 0 radical (unpaired) electrons. The molecule has 0 atom stereocenters. The summed E-state index contributed by atoms with van der Waals surface area (Å²) in [5.41, 5.74) is 1.58. The van der Waals surface area contributed by atoms with E-state index in [-0.39, 0.29) is 18.9 Å². The number of benzene rings is 1. The van der Waals surface area contributed by atoms with Gasteiger partial charge in [-0.05, 0) is 18.6 Å². The Labute approximate surface area is 147 Å². The van der Waals surface area contributed by atoms with E-state index in [1.807, 2.05) is 30.3 Å². The number of ether oxygens (including phenoxy) is 3. The highest BCUT2D eigenvalue weighted by atomic mass is 16.5. The lowest BCUT2D eigenvalue weighted by Gasteiger charge is -2.10. The van der Waals surface area contributed by atoms with Crippen LogP contribution in [0.3, 0.4) is 0 Å². The van der Waals surface area contributed by atoms with Crippen LogP contribution in [0.2, 0.25) is 0 Å². The number of carbonyl (C=O) groups excluding carboxylic acids is 2. The topological polar surface area (TPSA) is 65.7 Å². The van der Waals surface area contributed by atoms with Crippen LogP contribution in [0.5, 0.6) is 5.75 Å². The van der Waals surface area contributed by atoms with Gasteiger partial charge in [-0.15, -0.1) is 0 Å². The normalized spacial score (nSPS) is 10.2. The molecule has 25 heavy (non-hydrogen) atoms. The van der Waals surface area contributed by atoms with Gasteiger partial charge in [0, 0.05) is 6.07 Å². The summed E-state index contributed by atoms with van der Waals surface area (Å²) in [6, 6.07) is 13.2. The number of pyridine rings is 1. The fourth-order valence-electron chi connectivity index (χ4n) is 2.32. The summed E-state index contributed by atoms with van der Waals surface area (Å²) < 4.78 is 17.3. The molecule has 0 aliphatic heterocycles. The third-order valence-electron chi connectivity index (χ3n) is 3.53. The Morgan fingerprint density at radius 3 is 2.48 bits per heavy atom. The van der Waals surface area contributed by atoms with Crippen molar-refractivity contribution in [2.75, 3.05) is 13.7 Å². The lowest BCUT2D eigenvalue weighted by atomic mass is 10.2. The Morgan fingerprint density at radius 1 is 1.04 bits per heavy atom. The van der Waals surface area contributed by atoms with Gasteiger partial charge in [0.1, 0.15) is 13.0 Å². The summed E-state index contributed by atoms with van der Waals surface area (Å²) in [5.74, 6) is -0.254. The van der Waals surface area contributed by atoms with Crippen molar-refractivity contribution >= 4 is 11.9 Å². The number of methoxy groups -OCH3 is 1. The first kappa shape index (κ1) is 18.4. The minimum Gasteiger partial charge on any atom is -0.482 e. The third-order valence-corrected chi connectivity index (χ3v) is 3.53. The number of nitrogens with zero attached hydrogens (tertiary/aromatic N) is 1. The van der Waals surface area contributed by atoms with Crippen LogP contribution in [-0.4, -0.2) is 25.7 Å². The quantitative estimate of drug-likeness (QED) is 0.540. The minimum absolute atomic E-state index is 0.00618. The van der Waals surface area contributed by atoms with Crippen molar-refractivity contribution in [3.63, 3.8) is 0 Å². The summed E-state index contributed by atoms with van der Waals surface area (Å²) in [4.78, 5) is 23.6. The molecule has 0 spiro atoms. The smallest absolute Gasteiger partial charge is 0.372 e. The molecular weight excluding hydrogens is 322 g/mol. The highest BCUT2D eigenvalue weighted by Gasteiger charge is 2.24. The van der Waals surface area contributed by atoms with Gasteiger partial charge in [0.05, 0.1) is 13.7 Å². The zero-order chi connectivity index (χ0) is 18.1. The lowest BCUT2D eigenvalue weighted by molar-refractivity contribution is -0.693. The fraction of sp³-hybridized carbons (Fsp3) is 0.316. The Balaban J connectivity index is 2.24. The van der Waals surface area contributed by atoms with E-state index < -0.39 is 5.97 Å². The maximum absolute atomic E-state index is 11.9. The van der Waals surface area contributed by atoms with Gasteiger partial charge >= 0.3 is 11.9 Å². The van der Waals surface area contributed by atoms with E-state index in [2.05, 4.69) is 0 Å². The summed E-state index contributed by atoms with van der Waals surface area (Å²) in [6.45, 7) is 2.40. The molecule has 132 valence electrons. The molecule has 6 heteroatoms. The predicted octanol–water partition coefficient (Wildman–Crippen LogP) is 1.83. The van der Waals surface area contributed by atoms with Crippen molar-refractivity contribution in [1.29, 1.82) is 0 Å². The molecule has 0 N–H and O–H groups in total. The van der Waals surface area contributed by atoms with E-state index in [0.717, 1.165) is 5.56 Å². The molecule has 0 bridgehead atoms. The van der Waals surface area contributed by atoms with Crippen LogP contribution < -0.4 is 9.30 Å². The predicted molar refractivity (Wildman–Crippen MR) is 89.8 cm³/mol. The molecule has 0 unspecified atom stereocenters. The van der Waals surface area contributed by atoms with Crippen LogP contribution in [0.1, 0.15) is 18.2 Å². The van der Waals surface area contributed by atoms with Gasteiger partial charge in [0.2, 0.25) is 12.2 Å². The number of carbonyl (C=O) groups is 2. The largest absolute Gasteiger partial charge is 0.482 e. The van der Waals surface area contributed by atoms with Gasteiger partial charge in [0.15, 0.2) is 11.9 Å².